The third kappa shape index (κ3) is 4.38. The number of aryl methyl sites for hydroxylation is 1. The van der Waals surface area contributed by atoms with Crippen LogP contribution in [0.15, 0.2) is 51.9 Å². The van der Waals surface area contributed by atoms with Gasteiger partial charge in [-0.2, -0.15) is 0 Å². The molecule has 0 saturated carbocycles. The standard InChI is InChI=1S/C24H33N5O/c1-8-27-9-10-28(14-19(27)6)20-11-18(5)24-26-22(13-23(30)29(24)15-20)21(25-7)12-17(4)16(2)3/h11-13,15,19H,2,8-10,14H2,1,3-7H3/b17-12+,25-21+/t19-/m1/s1. The molecule has 30 heavy (non-hydrogen) atoms. The van der Waals surface area contributed by atoms with E-state index in [2.05, 4.69) is 41.3 Å². The Balaban J connectivity index is 2.02. The molecule has 2 aromatic rings. The fraction of sp³-hybridized carbons (Fsp3) is 0.458. The summed E-state index contributed by atoms with van der Waals surface area (Å²) in [5.41, 5.74) is 5.88. The second-order valence-corrected chi connectivity index (χ2v) is 8.19. The molecule has 1 aliphatic heterocycles. The zero-order valence-electron chi connectivity index (χ0n) is 19.1. The van der Waals surface area contributed by atoms with Crippen LogP contribution in [0.25, 0.3) is 5.65 Å². The molecule has 6 heteroatoms. The number of pyridine rings is 1. The maximum absolute atomic E-state index is 13.0. The van der Waals surface area contributed by atoms with Crippen molar-refractivity contribution >= 4 is 17.0 Å². The lowest BCUT2D eigenvalue weighted by molar-refractivity contribution is 0.199. The minimum atomic E-state index is -0.0947. The number of hydrogen-bond acceptors (Lipinski definition) is 5. The quantitative estimate of drug-likeness (QED) is 0.563. The third-order valence-corrected chi connectivity index (χ3v) is 6.00. The van der Waals surface area contributed by atoms with Crippen molar-refractivity contribution in [1.29, 1.82) is 0 Å². The number of piperazine rings is 1. The maximum atomic E-state index is 13.0. The minimum Gasteiger partial charge on any atom is -0.367 e. The Morgan fingerprint density at radius 1 is 1.33 bits per heavy atom. The molecule has 1 atom stereocenters. The van der Waals surface area contributed by atoms with Gasteiger partial charge in [-0.1, -0.05) is 19.1 Å². The van der Waals surface area contributed by atoms with Crippen LogP contribution in [-0.4, -0.2) is 59.3 Å². The van der Waals surface area contributed by atoms with Crippen molar-refractivity contribution in [3.63, 3.8) is 0 Å². The van der Waals surface area contributed by atoms with E-state index in [0.29, 0.717) is 23.1 Å². The van der Waals surface area contributed by atoms with E-state index in [1.165, 1.54) is 0 Å². The van der Waals surface area contributed by atoms with Crippen molar-refractivity contribution in [2.75, 3.05) is 38.1 Å². The highest BCUT2D eigenvalue weighted by Gasteiger charge is 2.23. The van der Waals surface area contributed by atoms with Crippen LogP contribution in [0.1, 0.15) is 39.0 Å². The van der Waals surface area contributed by atoms with Crippen LogP contribution in [0.4, 0.5) is 5.69 Å². The first-order chi connectivity index (χ1) is 14.2. The second kappa shape index (κ2) is 8.96. The number of likely N-dealkylation sites (N-methyl/N-ethyl adjacent to an activating group) is 1. The Kier molecular flexibility index (Phi) is 6.56. The summed E-state index contributed by atoms with van der Waals surface area (Å²) < 4.78 is 1.66. The van der Waals surface area contributed by atoms with E-state index in [9.17, 15) is 4.79 Å². The van der Waals surface area contributed by atoms with Gasteiger partial charge in [0.2, 0.25) is 0 Å². The van der Waals surface area contributed by atoms with E-state index in [1.807, 2.05) is 33.0 Å². The van der Waals surface area contributed by atoms with E-state index in [0.717, 1.165) is 48.6 Å². The summed E-state index contributed by atoms with van der Waals surface area (Å²) in [6.45, 7) is 18.4. The first-order valence-corrected chi connectivity index (χ1v) is 10.6. The molecule has 0 aromatic carbocycles. The smallest absolute Gasteiger partial charge is 0.258 e. The van der Waals surface area contributed by atoms with Crippen LogP contribution in [0.5, 0.6) is 0 Å². The van der Waals surface area contributed by atoms with Gasteiger partial charge in [-0.3, -0.25) is 19.1 Å². The van der Waals surface area contributed by atoms with Gasteiger partial charge in [0.05, 0.1) is 17.1 Å². The van der Waals surface area contributed by atoms with Crippen LogP contribution >= 0.6 is 0 Å². The average Bonchev–Trinajstić information content (AvgIpc) is 2.71. The highest BCUT2D eigenvalue weighted by Crippen LogP contribution is 2.22. The van der Waals surface area contributed by atoms with E-state index in [4.69, 9.17) is 4.98 Å². The van der Waals surface area contributed by atoms with Gasteiger partial charge in [0.25, 0.3) is 5.56 Å². The number of anilines is 1. The summed E-state index contributed by atoms with van der Waals surface area (Å²) in [6.07, 6.45) is 3.85. The van der Waals surface area contributed by atoms with Gasteiger partial charge >= 0.3 is 0 Å². The molecule has 0 amide bonds. The lowest BCUT2D eigenvalue weighted by atomic mass is 10.1. The molecule has 0 spiro atoms. The van der Waals surface area contributed by atoms with E-state index in [1.54, 1.807) is 17.5 Å². The number of fused-ring (bicyclic) bond motifs is 1. The van der Waals surface area contributed by atoms with Crippen LogP contribution in [0, 0.1) is 6.92 Å². The molecule has 1 fully saturated rings. The topological polar surface area (TPSA) is 53.2 Å². The van der Waals surface area contributed by atoms with Gasteiger partial charge in [-0.25, -0.2) is 4.98 Å². The molecular formula is C24H33N5O. The average molecular weight is 408 g/mol. The van der Waals surface area contributed by atoms with Gasteiger partial charge in [-0.15, -0.1) is 0 Å². The lowest BCUT2D eigenvalue weighted by Crippen LogP contribution is -2.51. The Morgan fingerprint density at radius 3 is 2.67 bits per heavy atom. The molecule has 0 bridgehead atoms. The van der Waals surface area contributed by atoms with Crippen LogP contribution in [0.3, 0.4) is 0 Å². The number of hydrogen-bond donors (Lipinski definition) is 0. The summed E-state index contributed by atoms with van der Waals surface area (Å²) >= 11 is 0. The van der Waals surface area contributed by atoms with Crippen LogP contribution in [0.2, 0.25) is 0 Å². The van der Waals surface area contributed by atoms with Crippen molar-refractivity contribution in [3.05, 3.63) is 63.7 Å². The maximum Gasteiger partial charge on any atom is 0.258 e. The lowest BCUT2D eigenvalue weighted by Gasteiger charge is -2.40. The third-order valence-electron chi connectivity index (χ3n) is 6.00. The first kappa shape index (κ1) is 22.0. The van der Waals surface area contributed by atoms with E-state index in [-0.39, 0.29) is 5.56 Å². The van der Waals surface area contributed by atoms with E-state index >= 15 is 0 Å². The molecule has 3 rings (SSSR count). The molecule has 1 aliphatic rings. The Bertz CT molecular complexity index is 1080. The van der Waals surface area contributed by atoms with Crippen molar-refractivity contribution < 1.29 is 0 Å². The predicted octanol–water partition coefficient (Wildman–Crippen LogP) is 3.47. The highest BCUT2D eigenvalue weighted by atomic mass is 16.1. The molecular weight excluding hydrogens is 374 g/mol. The van der Waals surface area contributed by atoms with Crippen molar-refractivity contribution in [3.8, 4) is 0 Å². The zero-order valence-corrected chi connectivity index (χ0v) is 19.1. The molecule has 160 valence electrons. The van der Waals surface area contributed by atoms with Crippen LogP contribution in [-0.2, 0) is 0 Å². The second-order valence-electron chi connectivity index (χ2n) is 8.19. The molecule has 0 radical (unpaired) electrons. The molecule has 0 unspecified atom stereocenters. The number of aromatic nitrogens is 2. The Morgan fingerprint density at radius 2 is 2.07 bits per heavy atom. The summed E-state index contributed by atoms with van der Waals surface area (Å²) in [7, 11) is 1.72. The molecule has 2 aromatic heterocycles. The summed E-state index contributed by atoms with van der Waals surface area (Å²) in [5.74, 6) is 0. The minimum absolute atomic E-state index is 0.0947. The van der Waals surface area contributed by atoms with Gasteiger partial charge in [0, 0.05) is 45.0 Å². The fourth-order valence-corrected chi connectivity index (χ4v) is 3.93. The predicted molar refractivity (Wildman–Crippen MR) is 126 cm³/mol. The number of rotatable bonds is 5. The first-order valence-electron chi connectivity index (χ1n) is 10.6. The van der Waals surface area contributed by atoms with Crippen molar-refractivity contribution in [2.24, 2.45) is 4.99 Å². The summed E-state index contributed by atoms with van der Waals surface area (Å²) in [5, 5.41) is 0. The monoisotopic (exact) mass is 407 g/mol. The number of nitrogens with zero attached hydrogens (tertiary/aromatic N) is 5. The van der Waals surface area contributed by atoms with Gasteiger partial charge in [0.1, 0.15) is 5.65 Å². The zero-order chi connectivity index (χ0) is 22.0. The molecule has 6 nitrogen and oxygen atoms in total. The van der Waals surface area contributed by atoms with E-state index < -0.39 is 0 Å². The highest BCUT2D eigenvalue weighted by molar-refractivity contribution is 6.08. The summed E-state index contributed by atoms with van der Waals surface area (Å²) in [6, 6.07) is 4.19. The van der Waals surface area contributed by atoms with Crippen LogP contribution < -0.4 is 10.5 Å². The SMILES string of the molecule is C=C(C)/C(C)=C/C(=N\C)c1cc(=O)n2cc(N3CCN(CC)[C@H](C)C3)cc(C)c2n1. The number of aliphatic imine (C=N–C) groups is 1. The van der Waals surface area contributed by atoms with Gasteiger partial charge in [-0.05, 0) is 57.5 Å². The Hall–Kier alpha value is -2.73. The molecule has 0 N–H and O–H groups in total. The molecule has 3 heterocycles. The normalized spacial score (nSPS) is 18.9. The molecule has 1 saturated heterocycles. The molecule has 0 aliphatic carbocycles. The fourth-order valence-electron chi connectivity index (χ4n) is 3.93. The Labute approximate surface area is 179 Å². The van der Waals surface area contributed by atoms with Gasteiger partial charge in [0.15, 0.2) is 0 Å². The van der Waals surface area contributed by atoms with Gasteiger partial charge < -0.3 is 4.90 Å². The van der Waals surface area contributed by atoms with Crippen molar-refractivity contribution in [1.82, 2.24) is 14.3 Å². The summed E-state index contributed by atoms with van der Waals surface area (Å²) in [4.78, 5) is 27.0. The number of allylic oxidation sites excluding steroid dienone is 3. The van der Waals surface area contributed by atoms with Crippen molar-refractivity contribution in [2.45, 2.75) is 40.7 Å². The largest absolute Gasteiger partial charge is 0.367 e.